The number of rotatable bonds is 39. The van der Waals surface area contributed by atoms with Crippen LogP contribution in [0.25, 0.3) is 0 Å². The van der Waals surface area contributed by atoms with Gasteiger partial charge in [0.2, 0.25) is 0 Å². The summed E-state index contributed by atoms with van der Waals surface area (Å²) in [6.45, 7) is 5.22. The summed E-state index contributed by atoms with van der Waals surface area (Å²) in [5, 5.41) is 10.0. The van der Waals surface area contributed by atoms with Crippen LogP contribution in [-0.4, -0.2) is 36.4 Å². The SMILES string of the molecule is CCCCCCCCCCCCCCCCCCCOC(=O)CC(O)C(=O)OCCCCCCCCCCCCCCCCCCC. The van der Waals surface area contributed by atoms with Gasteiger partial charge in [-0.1, -0.05) is 219 Å². The highest BCUT2D eigenvalue weighted by Gasteiger charge is 2.21. The summed E-state index contributed by atoms with van der Waals surface area (Å²) in [5.74, 6) is -1.24. The van der Waals surface area contributed by atoms with Gasteiger partial charge in [0.1, 0.15) is 0 Å². The van der Waals surface area contributed by atoms with Gasteiger partial charge < -0.3 is 14.6 Å². The van der Waals surface area contributed by atoms with Crippen molar-refractivity contribution in [3.8, 4) is 0 Å². The van der Waals surface area contributed by atoms with Crippen LogP contribution in [0.5, 0.6) is 0 Å². The Morgan fingerprint density at radius 2 is 0.617 bits per heavy atom. The fourth-order valence-corrected chi connectivity index (χ4v) is 6.41. The molecule has 0 aromatic rings. The highest BCUT2D eigenvalue weighted by molar-refractivity contribution is 5.81. The van der Waals surface area contributed by atoms with Crippen LogP contribution in [0.3, 0.4) is 0 Å². The third-order valence-corrected chi connectivity index (χ3v) is 9.64. The molecule has 0 aliphatic heterocycles. The van der Waals surface area contributed by atoms with E-state index in [-0.39, 0.29) is 6.42 Å². The predicted molar refractivity (Wildman–Crippen MR) is 201 cm³/mol. The van der Waals surface area contributed by atoms with Gasteiger partial charge in [0, 0.05) is 0 Å². The topological polar surface area (TPSA) is 72.8 Å². The molecule has 0 amide bonds. The minimum absolute atomic E-state index is 0.308. The van der Waals surface area contributed by atoms with E-state index < -0.39 is 18.0 Å². The molecule has 5 heteroatoms. The maximum Gasteiger partial charge on any atom is 0.335 e. The lowest BCUT2D eigenvalue weighted by Crippen LogP contribution is -2.27. The van der Waals surface area contributed by atoms with Crippen molar-refractivity contribution in [1.82, 2.24) is 0 Å². The number of aliphatic hydroxyl groups excluding tert-OH is 1. The summed E-state index contributed by atoms with van der Waals surface area (Å²) in [5.41, 5.74) is 0. The van der Waals surface area contributed by atoms with Crippen LogP contribution in [0.4, 0.5) is 0 Å². The molecule has 0 aromatic carbocycles. The Kier molecular flexibility index (Phi) is 38.4. The number of esters is 2. The van der Waals surface area contributed by atoms with E-state index in [4.69, 9.17) is 9.47 Å². The normalized spacial score (nSPS) is 12.0. The Morgan fingerprint density at radius 1 is 0.383 bits per heavy atom. The van der Waals surface area contributed by atoms with E-state index in [0.29, 0.717) is 13.2 Å². The van der Waals surface area contributed by atoms with Crippen LogP contribution >= 0.6 is 0 Å². The molecule has 5 nitrogen and oxygen atoms in total. The number of ether oxygens (including phenoxy) is 2. The zero-order chi connectivity index (χ0) is 34.3. The Balaban J connectivity index is 3.37. The van der Waals surface area contributed by atoms with E-state index in [1.165, 1.54) is 186 Å². The van der Waals surface area contributed by atoms with E-state index in [1.807, 2.05) is 0 Å². The molecule has 1 N–H and O–H groups in total. The van der Waals surface area contributed by atoms with Crippen LogP contribution in [0.2, 0.25) is 0 Å². The van der Waals surface area contributed by atoms with Gasteiger partial charge in [0.15, 0.2) is 6.10 Å². The molecular weight excluding hydrogens is 584 g/mol. The van der Waals surface area contributed by atoms with Crippen molar-refractivity contribution in [2.45, 2.75) is 245 Å². The Bertz CT molecular complexity index is 637. The molecular formula is C42H82O5. The van der Waals surface area contributed by atoms with Crippen molar-refractivity contribution in [1.29, 1.82) is 0 Å². The van der Waals surface area contributed by atoms with Gasteiger partial charge in [0.25, 0.3) is 0 Å². The van der Waals surface area contributed by atoms with Crippen LogP contribution in [-0.2, 0) is 19.1 Å². The summed E-state index contributed by atoms with van der Waals surface area (Å²) >= 11 is 0. The Hall–Kier alpha value is -1.10. The van der Waals surface area contributed by atoms with E-state index in [0.717, 1.165) is 32.1 Å². The molecule has 0 aliphatic carbocycles. The lowest BCUT2D eigenvalue weighted by atomic mass is 10.0. The molecule has 0 aromatic heterocycles. The molecule has 1 atom stereocenters. The average Bonchev–Trinajstić information content (AvgIpc) is 3.07. The summed E-state index contributed by atoms with van der Waals surface area (Å²) in [6.07, 6.45) is 42.8. The molecule has 0 spiro atoms. The van der Waals surface area contributed by atoms with Gasteiger partial charge in [-0.15, -0.1) is 0 Å². The fraction of sp³-hybridized carbons (Fsp3) is 0.952. The molecule has 0 aliphatic rings. The second-order valence-corrected chi connectivity index (χ2v) is 14.4. The summed E-state index contributed by atoms with van der Waals surface area (Å²) in [6, 6.07) is 0. The molecule has 0 bridgehead atoms. The number of hydrogen-bond acceptors (Lipinski definition) is 5. The number of hydrogen-bond donors (Lipinski definition) is 1. The first kappa shape index (κ1) is 45.9. The minimum Gasteiger partial charge on any atom is -0.466 e. The predicted octanol–water partition coefficient (Wildman–Crippen LogP) is 13.1. The smallest absolute Gasteiger partial charge is 0.335 e. The van der Waals surface area contributed by atoms with Crippen molar-refractivity contribution < 1.29 is 24.2 Å². The summed E-state index contributed by atoms with van der Waals surface area (Å²) in [4.78, 5) is 24.0. The first-order valence-corrected chi connectivity index (χ1v) is 21.1. The molecule has 0 radical (unpaired) electrons. The third kappa shape index (κ3) is 37.6. The lowest BCUT2D eigenvalue weighted by molar-refractivity contribution is -0.160. The summed E-state index contributed by atoms with van der Waals surface area (Å²) < 4.78 is 10.4. The van der Waals surface area contributed by atoms with E-state index in [1.54, 1.807) is 0 Å². The van der Waals surface area contributed by atoms with Crippen molar-refractivity contribution in [3.05, 3.63) is 0 Å². The number of unbranched alkanes of at least 4 members (excludes halogenated alkanes) is 32. The maximum atomic E-state index is 12.0. The highest BCUT2D eigenvalue weighted by atomic mass is 16.6. The van der Waals surface area contributed by atoms with Crippen molar-refractivity contribution in [2.75, 3.05) is 13.2 Å². The van der Waals surface area contributed by atoms with E-state index in [9.17, 15) is 14.7 Å². The van der Waals surface area contributed by atoms with Crippen LogP contribution in [0.1, 0.15) is 239 Å². The van der Waals surface area contributed by atoms with Gasteiger partial charge >= 0.3 is 11.9 Å². The fourth-order valence-electron chi connectivity index (χ4n) is 6.41. The third-order valence-electron chi connectivity index (χ3n) is 9.64. The Morgan fingerprint density at radius 3 is 0.894 bits per heavy atom. The largest absolute Gasteiger partial charge is 0.466 e. The monoisotopic (exact) mass is 667 g/mol. The van der Waals surface area contributed by atoms with Crippen LogP contribution in [0, 0.1) is 0 Å². The molecule has 0 fully saturated rings. The maximum absolute atomic E-state index is 12.0. The van der Waals surface area contributed by atoms with Crippen molar-refractivity contribution in [3.63, 3.8) is 0 Å². The molecule has 0 rings (SSSR count). The zero-order valence-corrected chi connectivity index (χ0v) is 31.8. The highest BCUT2D eigenvalue weighted by Crippen LogP contribution is 2.16. The minimum atomic E-state index is -1.43. The molecule has 0 saturated heterocycles. The number of carbonyl (C=O) groups is 2. The first-order valence-electron chi connectivity index (χ1n) is 21.1. The standard InChI is InChI=1S/C42H82O5/c1-3-5-7-9-11-13-15-17-19-21-23-25-27-29-31-33-35-37-46-41(44)39-40(43)42(45)47-38-36-34-32-30-28-26-24-22-20-18-16-14-12-10-8-6-4-2/h40,43H,3-39H2,1-2H3. The molecule has 47 heavy (non-hydrogen) atoms. The van der Waals surface area contributed by atoms with E-state index >= 15 is 0 Å². The number of aliphatic hydroxyl groups is 1. The molecule has 1 unspecified atom stereocenters. The van der Waals surface area contributed by atoms with Gasteiger partial charge in [-0.05, 0) is 12.8 Å². The van der Waals surface area contributed by atoms with E-state index in [2.05, 4.69) is 13.8 Å². The van der Waals surface area contributed by atoms with Crippen molar-refractivity contribution in [2.24, 2.45) is 0 Å². The van der Waals surface area contributed by atoms with Crippen LogP contribution < -0.4 is 0 Å². The van der Waals surface area contributed by atoms with Crippen molar-refractivity contribution >= 4 is 11.9 Å². The molecule has 280 valence electrons. The first-order chi connectivity index (χ1) is 23.1. The van der Waals surface area contributed by atoms with Gasteiger partial charge in [0.05, 0.1) is 19.6 Å². The van der Waals surface area contributed by atoms with Gasteiger partial charge in [-0.2, -0.15) is 0 Å². The Labute approximate surface area is 293 Å². The zero-order valence-electron chi connectivity index (χ0n) is 31.8. The number of carbonyl (C=O) groups excluding carboxylic acids is 2. The lowest BCUT2D eigenvalue weighted by Gasteiger charge is -2.11. The second-order valence-electron chi connectivity index (χ2n) is 14.4. The second kappa shape index (κ2) is 39.3. The quantitative estimate of drug-likeness (QED) is 0.0522. The molecule has 0 heterocycles. The van der Waals surface area contributed by atoms with Gasteiger partial charge in [-0.3, -0.25) is 4.79 Å². The average molecular weight is 667 g/mol. The summed E-state index contributed by atoms with van der Waals surface area (Å²) in [7, 11) is 0. The van der Waals surface area contributed by atoms with Gasteiger partial charge in [-0.25, -0.2) is 4.79 Å². The molecule has 0 saturated carbocycles. The van der Waals surface area contributed by atoms with Crippen LogP contribution in [0.15, 0.2) is 0 Å².